The molecular formula is C24H30N2O2. The SMILES string of the molecule is CCNC(=O)[C@]1(Cc2cccc(-c3ccccc3)c2)CCCN(C(=O)CC)C1. The zero-order valence-electron chi connectivity index (χ0n) is 16.9. The molecule has 2 aromatic rings. The standard InChI is InChI=1S/C24H30N2O2/c1-3-22(27)26-15-9-14-24(18-26,23(28)25-4-2)17-19-10-8-13-21(16-19)20-11-6-5-7-12-20/h5-8,10-13,16H,3-4,9,14-15,17-18H2,1-2H3,(H,25,28)/t24-/m0/s1. The monoisotopic (exact) mass is 378 g/mol. The van der Waals surface area contributed by atoms with Gasteiger partial charge in [-0.2, -0.15) is 0 Å². The van der Waals surface area contributed by atoms with E-state index in [1.807, 2.05) is 36.9 Å². The summed E-state index contributed by atoms with van der Waals surface area (Å²) in [5.74, 6) is 0.195. The van der Waals surface area contributed by atoms with E-state index in [2.05, 4.69) is 41.7 Å². The Labute approximate surface area is 167 Å². The summed E-state index contributed by atoms with van der Waals surface area (Å²) in [7, 11) is 0. The van der Waals surface area contributed by atoms with E-state index >= 15 is 0 Å². The van der Waals surface area contributed by atoms with E-state index in [0.29, 0.717) is 25.9 Å². The Kier molecular flexibility index (Phi) is 6.50. The van der Waals surface area contributed by atoms with Crippen molar-refractivity contribution in [1.29, 1.82) is 0 Å². The number of hydrogen-bond acceptors (Lipinski definition) is 2. The Hall–Kier alpha value is -2.62. The van der Waals surface area contributed by atoms with Crippen LogP contribution < -0.4 is 5.32 Å². The van der Waals surface area contributed by atoms with Crippen LogP contribution in [-0.2, 0) is 16.0 Å². The van der Waals surface area contributed by atoms with Gasteiger partial charge in [0, 0.05) is 26.1 Å². The van der Waals surface area contributed by atoms with Gasteiger partial charge in [-0.25, -0.2) is 0 Å². The molecule has 0 spiro atoms. The van der Waals surface area contributed by atoms with Gasteiger partial charge in [0.05, 0.1) is 5.41 Å². The minimum Gasteiger partial charge on any atom is -0.356 e. The van der Waals surface area contributed by atoms with Crippen molar-refractivity contribution in [3.05, 3.63) is 60.2 Å². The molecule has 1 saturated heterocycles. The van der Waals surface area contributed by atoms with E-state index in [9.17, 15) is 9.59 Å². The Bertz CT molecular complexity index is 818. The number of carbonyl (C=O) groups excluding carboxylic acids is 2. The molecule has 4 nitrogen and oxygen atoms in total. The third-order valence-corrected chi connectivity index (χ3v) is 5.63. The quantitative estimate of drug-likeness (QED) is 0.824. The molecule has 2 aromatic carbocycles. The molecule has 148 valence electrons. The van der Waals surface area contributed by atoms with Crippen molar-refractivity contribution in [2.45, 2.75) is 39.5 Å². The van der Waals surface area contributed by atoms with Crippen molar-refractivity contribution in [3.63, 3.8) is 0 Å². The highest BCUT2D eigenvalue weighted by atomic mass is 16.2. The van der Waals surface area contributed by atoms with Crippen molar-refractivity contribution in [2.75, 3.05) is 19.6 Å². The highest BCUT2D eigenvalue weighted by molar-refractivity contribution is 5.85. The second kappa shape index (κ2) is 9.05. The van der Waals surface area contributed by atoms with Crippen molar-refractivity contribution in [2.24, 2.45) is 5.41 Å². The summed E-state index contributed by atoms with van der Waals surface area (Å²) in [4.78, 5) is 27.3. The van der Waals surface area contributed by atoms with Gasteiger partial charge in [-0.1, -0.05) is 61.5 Å². The molecule has 0 saturated carbocycles. The number of nitrogens with zero attached hydrogens (tertiary/aromatic N) is 1. The lowest BCUT2D eigenvalue weighted by Gasteiger charge is -2.42. The molecule has 0 unspecified atom stereocenters. The maximum atomic E-state index is 13.1. The fraction of sp³-hybridized carbons (Fsp3) is 0.417. The summed E-state index contributed by atoms with van der Waals surface area (Å²) in [5, 5.41) is 3.02. The van der Waals surface area contributed by atoms with Crippen LogP contribution in [0.3, 0.4) is 0 Å². The molecule has 1 atom stereocenters. The first-order valence-corrected chi connectivity index (χ1v) is 10.3. The van der Waals surface area contributed by atoms with E-state index in [1.165, 1.54) is 5.56 Å². The van der Waals surface area contributed by atoms with Gasteiger partial charge in [0.25, 0.3) is 0 Å². The van der Waals surface area contributed by atoms with Crippen LogP contribution in [0.4, 0.5) is 0 Å². The molecule has 1 N–H and O–H groups in total. The van der Waals surface area contributed by atoms with Crippen LogP contribution in [0.5, 0.6) is 0 Å². The Morgan fingerprint density at radius 1 is 1.04 bits per heavy atom. The molecule has 1 aliphatic heterocycles. The van der Waals surface area contributed by atoms with E-state index in [-0.39, 0.29) is 11.8 Å². The maximum Gasteiger partial charge on any atom is 0.228 e. The summed E-state index contributed by atoms with van der Waals surface area (Å²) < 4.78 is 0. The van der Waals surface area contributed by atoms with Gasteiger partial charge < -0.3 is 10.2 Å². The minimum atomic E-state index is -0.561. The van der Waals surface area contributed by atoms with Crippen LogP contribution in [0, 0.1) is 5.41 Å². The summed E-state index contributed by atoms with van der Waals surface area (Å²) in [6.45, 7) is 5.68. The molecule has 2 amide bonds. The van der Waals surface area contributed by atoms with Crippen molar-refractivity contribution in [1.82, 2.24) is 10.2 Å². The highest BCUT2D eigenvalue weighted by Crippen LogP contribution is 2.35. The molecule has 0 aromatic heterocycles. The molecule has 1 aliphatic rings. The predicted molar refractivity (Wildman–Crippen MR) is 113 cm³/mol. The summed E-state index contributed by atoms with van der Waals surface area (Å²) in [6, 6.07) is 18.7. The number of carbonyl (C=O) groups is 2. The van der Waals surface area contributed by atoms with Gasteiger partial charge >= 0.3 is 0 Å². The first-order chi connectivity index (χ1) is 13.6. The van der Waals surface area contributed by atoms with Crippen LogP contribution in [0.15, 0.2) is 54.6 Å². The fourth-order valence-corrected chi connectivity index (χ4v) is 4.21. The zero-order valence-corrected chi connectivity index (χ0v) is 16.9. The smallest absolute Gasteiger partial charge is 0.228 e. The van der Waals surface area contributed by atoms with Gasteiger partial charge in [0.15, 0.2) is 0 Å². The number of piperidine rings is 1. The molecule has 1 fully saturated rings. The van der Waals surface area contributed by atoms with E-state index in [4.69, 9.17) is 0 Å². The summed E-state index contributed by atoms with van der Waals surface area (Å²) in [6.07, 6.45) is 2.80. The van der Waals surface area contributed by atoms with Crippen LogP contribution in [-0.4, -0.2) is 36.3 Å². The van der Waals surface area contributed by atoms with E-state index in [0.717, 1.165) is 30.5 Å². The Morgan fingerprint density at radius 3 is 2.50 bits per heavy atom. The number of nitrogens with one attached hydrogen (secondary N) is 1. The first kappa shape index (κ1) is 20.1. The minimum absolute atomic E-state index is 0.0636. The van der Waals surface area contributed by atoms with Crippen molar-refractivity contribution >= 4 is 11.8 Å². The first-order valence-electron chi connectivity index (χ1n) is 10.3. The number of amides is 2. The lowest BCUT2D eigenvalue weighted by Crippen LogP contribution is -2.54. The lowest BCUT2D eigenvalue weighted by molar-refractivity contribution is -0.141. The number of likely N-dealkylation sites (tertiary alicyclic amines) is 1. The van der Waals surface area contributed by atoms with Gasteiger partial charge in [-0.05, 0) is 42.9 Å². The van der Waals surface area contributed by atoms with Crippen LogP contribution in [0.2, 0.25) is 0 Å². The highest BCUT2D eigenvalue weighted by Gasteiger charge is 2.43. The number of hydrogen-bond donors (Lipinski definition) is 1. The zero-order chi connectivity index (χ0) is 20.0. The van der Waals surface area contributed by atoms with Gasteiger partial charge in [-0.3, -0.25) is 9.59 Å². The third kappa shape index (κ3) is 4.44. The predicted octanol–water partition coefficient (Wildman–Crippen LogP) is 4.05. The largest absolute Gasteiger partial charge is 0.356 e. The topological polar surface area (TPSA) is 49.4 Å². The fourth-order valence-electron chi connectivity index (χ4n) is 4.21. The second-order valence-electron chi connectivity index (χ2n) is 7.66. The third-order valence-electron chi connectivity index (χ3n) is 5.63. The molecule has 0 bridgehead atoms. The Balaban J connectivity index is 1.90. The average molecular weight is 379 g/mol. The normalized spacial score (nSPS) is 19.3. The van der Waals surface area contributed by atoms with Gasteiger partial charge in [-0.15, -0.1) is 0 Å². The van der Waals surface area contributed by atoms with Crippen LogP contribution in [0.1, 0.15) is 38.7 Å². The Morgan fingerprint density at radius 2 is 1.79 bits per heavy atom. The van der Waals surface area contributed by atoms with Gasteiger partial charge in [0.2, 0.25) is 11.8 Å². The van der Waals surface area contributed by atoms with E-state index < -0.39 is 5.41 Å². The molecule has 28 heavy (non-hydrogen) atoms. The van der Waals surface area contributed by atoms with Gasteiger partial charge in [0.1, 0.15) is 0 Å². The molecule has 3 rings (SSSR count). The van der Waals surface area contributed by atoms with E-state index in [1.54, 1.807) is 0 Å². The lowest BCUT2D eigenvalue weighted by atomic mass is 9.74. The van der Waals surface area contributed by atoms with Crippen LogP contribution in [0.25, 0.3) is 11.1 Å². The number of rotatable bonds is 6. The van der Waals surface area contributed by atoms with Crippen molar-refractivity contribution < 1.29 is 9.59 Å². The summed E-state index contributed by atoms with van der Waals surface area (Å²) in [5.41, 5.74) is 2.90. The molecule has 0 radical (unpaired) electrons. The second-order valence-corrected chi connectivity index (χ2v) is 7.66. The average Bonchev–Trinajstić information content (AvgIpc) is 2.74. The molecule has 0 aliphatic carbocycles. The molecule has 1 heterocycles. The molecular weight excluding hydrogens is 348 g/mol. The number of benzene rings is 2. The summed E-state index contributed by atoms with van der Waals surface area (Å²) >= 11 is 0. The van der Waals surface area contributed by atoms with Crippen LogP contribution >= 0.6 is 0 Å². The maximum absolute atomic E-state index is 13.1. The van der Waals surface area contributed by atoms with Crippen molar-refractivity contribution in [3.8, 4) is 11.1 Å². The molecule has 4 heteroatoms.